The molecule has 3 nitrogen and oxygen atoms in total. The van der Waals surface area contributed by atoms with Gasteiger partial charge in [0.15, 0.2) is 6.23 Å². The molecule has 1 aliphatic heterocycles. The van der Waals surface area contributed by atoms with Gasteiger partial charge in [-0.25, -0.2) is 0 Å². The maximum absolute atomic E-state index is 12.1. The van der Waals surface area contributed by atoms with E-state index in [2.05, 4.69) is 0 Å². The number of aliphatic hydroxyl groups excluding tert-OH is 1. The lowest BCUT2D eigenvalue weighted by Crippen LogP contribution is -2.43. The molecule has 16 heavy (non-hydrogen) atoms. The van der Waals surface area contributed by atoms with Crippen LogP contribution >= 0.6 is 0 Å². The fourth-order valence-electron chi connectivity index (χ4n) is 2.14. The summed E-state index contributed by atoms with van der Waals surface area (Å²) in [7, 11) is 0. The van der Waals surface area contributed by atoms with E-state index in [9.17, 15) is 9.90 Å². The van der Waals surface area contributed by atoms with Gasteiger partial charge >= 0.3 is 0 Å². The maximum atomic E-state index is 12.1. The molecule has 0 fully saturated rings. The highest BCUT2D eigenvalue weighted by atomic mass is 16.3. The van der Waals surface area contributed by atoms with Crippen LogP contribution in [0.4, 0.5) is 0 Å². The van der Waals surface area contributed by atoms with E-state index in [0.29, 0.717) is 5.56 Å². The molecule has 1 aromatic rings. The summed E-state index contributed by atoms with van der Waals surface area (Å²) in [5.41, 5.74) is 2.03. The average molecular weight is 219 g/mol. The Balaban J connectivity index is 2.53. The highest BCUT2D eigenvalue weighted by Crippen LogP contribution is 2.37. The SMILES string of the molecule is Cc1ccc2c(c1)[C@@H](O)N(C(C)(C)C)C2=O. The topological polar surface area (TPSA) is 40.5 Å². The van der Waals surface area contributed by atoms with Crippen molar-refractivity contribution in [1.82, 2.24) is 4.90 Å². The second-order valence-corrected chi connectivity index (χ2v) is 5.31. The second kappa shape index (κ2) is 3.32. The molecule has 1 atom stereocenters. The Bertz CT molecular complexity index is 446. The van der Waals surface area contributed by atoms with Crippen molar-refractivity contribution in [3.05, 3.63) is 34.9 Å². The lowest BCUT2D eigenvalue weighted by atomic mass is 10.1. The van der Waals surface area contributed by atoms with E-state index in [0.717, 1.165) is 11.1 Å². The van der Waals surface area contributed by atoms with Gasteiger partial charge in [-0.15, -0.1) is 0 Å². The molecule has 0 radical (unpaired) electrons. The van der Waals surface area contributed by atoms with Gasteiger partial charge in [0.25, 0.3) is 5.91 Å². The van der Waals surface area contributed by atoms with Crippen LogP contribution in [0.1, 0.15) is 48.5 Å². The molecule has 3 heteroatoms. The average Bonchev–Trinajstić information content (AvgIpc) is 2.38. The monoisotopic (exact) mass is 219 g/mol. The fourth-order valence-corrected chi connectivity index (χ4v) is 2.14. The standard InChI is InChI=1S/C13H17NO2/c1-8-5-6-9-10(7-8)12(16)14(11(9)15)13(2,3)4/h5-7,12,16H,1-4H3/t12-/m1/s1. The van der Waals surface area contributed by atoms with Crippen molar-refractivity contribution in [2.24, 2.45) is 0 Å². The minimum atomic E-state index is -0.817. The third-order valence-electron chi connectivity index (χ3n) is 2.90. The number of aryl methyl sites for hydroxylation is 1. The summed E-state index contributed by atoms with van der Waals surface area (Å²) >= 11 is 0. The number of rotatable bonds is 0. The van der Waals surface area contributed by atoms with Crippen LogP contribution < -0.4 is 0 Å². The number of carbonyl (C=O) groups is 1. The molecule has 1 aliphatic rings. The Kier molecular flexibility index (Phi) is 2.31. The van der Waals surface area contributed by atoms with E-state index in [1.165, 1.54) is 4.90 Å². The smallest absolute Gasteiger partial charge is 0.257 e. The molecule has 2 rings (SSSR count). The highest BCUT2D eigenvalue weighted by Gasteiger charge is 2.41. The third kappa shape index (κ3) is 1.52. The van der Waals surface area contributed by atoms with Crippen LogP contribution in [0.3, 0.4) is 0 Å². The molecule has 1 amide bonds. The first-order valence-corrected chi connectivity index (χ1v) is 5.44. The number of carbonyl (C=O) groups excluding carboxylic acids is 1. The minimum absolute atomic E-state index is 0.0880. The normalized spacial score (nSPS) is 20.2. The summed E-state index contributed by atoms with van der Waals surface area (Å²) in [5.74, 6) is -0.0880. The van der Waals surface area contributed by atoms with Gasteiger partial charge in [-0.1, -0.05) is 17.7 Å². The summed E-state index contributed by atoms with van der Waals surface area (Å²) in [5, 5.41) is 10.2. The molecule has 1 N–H and O–H groups in total. The van der Waals surface area contributed by atoms with Crippen molar-refractivity contribution in [3.63, 3.8) is 0 Å². The van der Waals surface area contributed by atoms with Gasteiger partial charge in [-0.3, -0.25) is 4.79 Å². The molecular weight excluding hydrogens is 202 g/mol. The molecule has 0 spiro atoms. The minimum Gasteiger partial charge on any atom is -0.369 e. The summed E-state index contributed by atoms with van der Waals surface area (Å²) in [4.78, 5) is 13.7. The Labute approximate surface area is 95.7 Å². The first kappa shape index (κ1) is 11.1. The number of aliphatic hydroxyl groups is 1. The molecule has 1 aromatic carbocycles. The van der Waals surface area contributed by atoms with Crippen molar-refractivity contribution in [3.8, 4) is 0 Å². The van der Waals surface area contributed by atoms with Crippen LogP contribution in [0.15, 0.2) is 18.2 Å². The van der Waals surface area contributed by atoms with Gasteiger partial charge in [0.2, 0.25) is 0 Å². The molecule has 0 aromatic heterocycles. The van der Waals surface area contributed by atoms with Crippen LogP contribution in [0.25, 0.3) is 0 Å². The van der Waals surface area contributed by atoms with Crippen LogP contribution in [-0.2, 0) is 0 Å². The summed E-state index contributed by atoms with van der Waals surface area (Å²) < 4.78 is 0. The molecule has 0 bridgehead atoms. The molecule has 86 valence electrons. The number of amides is 1. The van der Waals surface area contributed by atoms with Gasteiger partial charge in [0.1, 0.15) is 0 Å². The Morgan fingerprint density at radius 3 is 2.50 bits per heavy atom. The number of nitrogens with zero attached hydrogens (tertiary/aromatic N) is 1. The van der Waals surface area contributed by atoms with E-state index in [1.807, 2.05) is 39.8 Å². The lowest BCUT2D eigenvalue weighted by molar-refractivity contribution is -0.0228. The van der Waals surface area contributed by atoms with Gasteiger partial charge in [0.05, 0.1) is 0 Å². The number of hydrogen-bond acceptors (Lipinski definition) is 2. The molecule has 0 saturated carbocycles. The highest BCUT2D eigenvalue weighted by molar-refractivity contribution is 5.99. The van der Waals surface area contributed by atoms with Crippen molar-refractivity contribution >= 4 is 5.91 Å². The molecule has 0 unspecified atom stereocenters. The fraction of sp³-hybridized carbons (Fsp3) is 0.462. The summed E-state index contributed by atoms with van der Waals surface area (Å²) in [6.45, 7) is 7.73. The second-order valence-electron chi connectivity index (χ2n) is 5.31. The number of benzene rings is 1. The Hall–Kier alpha value is -1.35. The van der Waals surface area contributed by atoms with Crippen molar-refractivity contribution in [1.29, 1.82) is 0 Å². The van der Waals surface area contributed by atoms with Crippen molar-refractivity contribution in [2.75, 3.05) is 0 Å². The maximum Gasteiger partial charge on any atom is 0.257 e. The van der Waals surface area contributed by atoms with E-state index < -0.39 is 6.23 Å². The zero-order valence-electron chi connectivity index (χ0n) is 10.1. The number of fused-ring (bicyclic) bond motifs is 1. The quantitative estimate of drug-likeness (QED) is 0.727. The Morgan fingerprint density at radius 1 is 1.31 bits per heavy atom. The largest absolute Gasteiger partial charge is 0.369 e. The van der Waals surface area contributed by atoms with E-state index in [4.69, 9.17) is 0 Å². The van der Waals surface area contributed by atoms with Gasteiger partial charge in [-0.2, -0.15) is 0 Å². The van der Waals surface area contributed by atoms with Crippen LogP contribution in [0.5, 0.6) is 0 Å². The first-order chi connectivity index (χ1) is 7.32. The third-order valence-corrected chi connectivity index (χ3v) is 2.90. The predicted octanol–water partition coefficient (Wildman–Crippen LogP) is 2.24. The molecular formula is C13H17NO2. The zero-order chi connectivity index (χ0) is 12.1. The van der Waals surface area contributed by atoms with Gasteiger partial charge in [0, 0.05) is 16.7 Å². The van der Waals surface area contributed by atoms with Crippen LogP contribution in [-0.4, -0.2) is 21.5 Å². The van der Waals surface area contributed by atoms with Gasteiger partial charge in [-0.05, 0) is 33.8 Å². The predicted molar refractivity (Wildman–Crippen MR) is 62.1 cm³/mol. The van der Waals surface area contributed by atoms with Gasteiger partial charge < -0.3 is 10.0 Å². The Morgan fingerprint density at radius 2 is 1.94 bits per heavy atom. The van der Waals surface area contributed by atoms with E-state index in [1.54, 1.807) is 6.07 Å². The zero-order valence-corrected chi connectivity index (χ0v) is 10.1. The lowest BCUT2D eigenvalue weighted by Gasteiger charge is -2.34. The molecule has 1 heterocycles. The van der Waals surface area contributed by atoms with Crippen molar-refractivity contribution in [2.45, 2.75) is 39.5 Å². The first-order valence-electron chi connectivity index (χ1n) is 5.44. The van der Waals surface area contributed by atoms with E-state index in [-0.39, 0.29) is 11.4 Å². The molecule has 0 aliphatic carbocycles. The van der Waals surface area contributed by atoms with Crippen LogP contribution in [0, 0.1) is 6.92 Å². The molecule has 0 saturated heterocycles. The van der Waals surface area contributed by atoms with Crippen LogP contribution in [0.2, 0.25) is 0 Å². The van der Waals surface area contributed by atoms with Crippen molar-refractivity contribution < 1.29 is 9.90 Å². The van der Waals surface area contributed by atoms with E-state index >= 15 is 0 Å². The number of hydrogen-bond donors (Lipinski definition) is 1. The summed E-state index contributed by atoms with van der Waals surface area (Å²) in [6, 6.07) is 5.57. The summed E-state index contributed by atoms with van der Waals surface area (Å²) in [6.07, 6.45) is -0.817.